The van der Waals surface area contributed by atoms with Crippen LogP contribution >= 0.6 is 12.4 Å². The molecule has 0 unspecified atom stereocenters. The van der Waals surface area contributed by atoms with E-state index in [-0.39, 0.29) is 31.1 Å². The minimum Gasteiger partial charge on any atom is -0.454 e. The second-order valence-electron chi connectivity index (χ2n) is 8.37. The summed E-state index contributed by atoms with van der Waals surface area (Å²) in [6, 6.07) is 14.3. The van der Waals surface area contributed by atoms with Crippen LogP contribution in [0.1, 0.15) is 55.6 Å². The maximum absolute atomic E-state index is 13.2. The highest BCUT2D eigenvalue weighted by atomic mass is 35.5. The second kappa shape index (κ2) is 9.27. The number of benzene rings is 2. The van der Waals surface area contributed by atoms with Crippen molar-refractivity contribution in [3.05, 3.63) is 53.6 Å². The number of hydrogen-bond acceptors (Lipinski definition) is 4. The molecule has 160 valence electrons. The second-order valence-corrected chi connectivity index (χ2v) is 8.37. The van der Waals surface area contributed by atoms with Crippen molar-refractivity contribution in [2.24, 2.45) is 0 Å². The smallest absolute Gasteiger partial charge is 0.241 e. The summed E-state index contributed by atoms with van der Waals surface area (Å²) in [5, 5.41) is 3.16. The van der Waals surface area contributed by atoms with Gasteiger partial charge in [-0.25, -0.2) is 0 Å². The standard InChI is InChI=1S/C24H28N2O3.ClH/c27-24(25-20-12-10-18(11-13-20)17-8-9-17)21-6-2-1-3-14-26(21)15-19-5-4-7-22-23(19)29-16-28-22;/h4-5,7,10-13,17,21H,1-3,6,8-9,14-16H2,(H,25,27);1H/t21-;/m1./s1. The van der Waals surface area contributed by atoms with E-state index in [1.165, 1.54) is 24.8 Å². The van der Waals surface area contributed by atoms with E-state index in [0.29, 0.717) is 6.54 Å². The third-order valence-corrected chi connectivity index (χ3v) is 6.24. The van der Waals surface area contributed by atoms with Gasteiger partial charge in [0.15, 0.2) is 11.5 Å². The van der Waals surface area contributed by atoms with Crippen molar-refractivity contribution in [2.45, 2.75) is 57.0 Å². The Morgan fingerprint density at radius 2 is 1.83 bits per heavy atom. The summed E-state index contributed by atoms with van der Waals surface area (Å²) in [6.07, 6.45) is 6.84. The molecule has 6 heteroatoms. The number of anilines is 1. The summed E-state index contributed by atoms with van der Waals surface area (Å²) < 4.78 is 11.2. The molecule has 0 aromatic heterocycles. The van der Waals surface area contributed by atoms with Crippen LogP contribution in [0.25, 0.3) is 0 Å². The van der Waals surface area contributed by atoms with E-state index in [1.807, 2.05) is 24.3 Å². The molecule has 5 rings (SSSR count). The molecular formula is C24H29ClN2O3. The SMILES string of the molecule is Cl.O=C(Nc1ccc(C2CC2)cc1)[C@H]1CCCCCN1Cc1cccc2c1OCO2. The lowest BCUT2D eigenvalue weighted by molar-refractivity contribution is -0.121. The fourth-order valence-corrected chi connectivity index (χ4v) is 4.47. The first-order valence-electron chi connectivity index (χ1n) is 10.8. The number of rotatable bonds is 5. The highest BCUT2D eigenvalue weighted by Gasteiger charge is 2.29. The summed E-state index contributed by atoms with van der Waals surface area (Å²) in [6.45, 7) is 1.89. The Bertz CT molecular complexity index is 883. The molecule has 0 spiro atoms. The van der Waals surface area contributed by atoms with Gasteiger partial charge in [0.05, 0.1) is 6.04 Å². The number of carbonyl (C=O) groups excluding carboxylic acids is 1. The number of carbonyl (C=O) groups is 1. The summed E-state index contributed by atoms with van der Waals surface area (Å²) >= 11 is 0. The van der Waals surface area contributed by atoms with Crippen molar-refractivity contribution in [2.75, 3.05) is 18.7 Å². The number of para-hydroxylation sites is 1. The Balaban J connectivity index is 0.00000218. The van der Waals surface area contributed by atoms with Gasteiger partial charge in [0, 0.05) is 17.8 Å². The van der Waals surface area contributed by atoms with Crippen LogP contribution in [-0.4, -0.2) is 30.2 Å². The zero-order valence-electron chi connectivity index (χ0n) is 17.1. The summed E-state index contributed by atoms with van der Waals surface area (Å²) in [7, 11) is 0. The fraction of sp³-hybridized carbons (Fsp3) is 0.458. The van der Waals surface area contributed by atoms with E-state index >= 15 is 0 Å². The van der Waals surface area contributed by atoms with Gasteiger partial charge in [-0.05, 0) is 61.9 Å². The Labute approximate surface area is 184 Å². The van der Waals surface area contributed by atoms with Crippen LogP contribution in [0.2, 0.25) is 0 Å². The molecule has 2 aromatic rings. The first-order valence-corrected chi connectivity index (χ1v) is 10.8. The fourth-order valence-electron chi connectivity index (χ4n) is 4.47. The lowest BCUT2D eigenvalue weighted by Gasteiger charge is -2.29. The highest BCUT2D eigenvalue weighted by molar-refractivity contribution is 5.94. The van der Waals surface area contributed by atoms with Gasteiger partial charge >= 0.3 is 0 Å². The number of nitrogens with zero attached hydrogens (tertiary/aromatic N) is 1. The number of nitrogens with one attached hydrogen (secondary N) is 1. The molecule has 2 heterocycles. The van der Waals surface area contributed by atoms with E-state index in [0.717, 1.165) is 54.5 Å². The molecule has 0 bridgehead atoms. The Hall–Kier alpha value is -2.24. The molecular weight excluding hydrogens is 400 g/mol. The zero-order valence-corrected chi connectivity index (χ0v) is 18.0. The Morgan fingerprint density at radius 1 is 1.00 bits per heavy atom. The van der Waals surface area contributed by atoms with Crippen molar-refractivity contribution in [3.63, 3.8) is 0 Å². The summed E-state index contributed by atoms with van der Waals surface area (Å²) in [4.78, 5) is 15.5. The molecule has 2 aromatic carbocycles. The van der Waals surface area contributed by atoms with Gasteiger partial charge in [0.2, 0.25) is 12.7 Å². The molecule has 1 aliphatic carbocycles. The lowest BCUT2D eigenvalue weighted by Crippen LogP contribution is -2.43. The van der Waals surface area contributed by atoms with Crippen molar-refractivity contribution >= 4 is 24.0 Å². The average Bonchev–Trinajstić information content (AvgIpc) is 3.51. The molecule has 1 atom stereocenters. The van der Waals surface area contributed by atoms with Crippen molar-refractivity contribution in [3.8, 4) is 11.5 Å². The van der Waals surface area contributed by atoms with Gasteiger partial charge in [-0.2, -0.15) is 0 Å². The Kier molecular flexibility index (Phi) is 6.49. The molecule has 0 radical (unpaired) electrons. The van der Waals surface area contributed by atoms with E-state index < -0.39 is 0 Å². The van der Waals surface area contributed by atoms with Gasteiger partial charge in [-0.15, -0.1) is 12.4 Å². The topological polar surface area (TPSA) is 50.8 Å². The van der Waals surface area contributed by atoms with Crippen LogP contribution in [0, 0.1) is 0 Å². The van der Waals surface area contributed by atoms with E-state index in [2.05, 4.69) is 28.4 Å². The van der Waals surface area contributed by atoms with E-state index in [4.69, 9.17) is 9.47 Å². The molecule has 2 aliphatic heterocycles. The molecule has 1 N–H and O–H groups in total. The van der Waals surface area contributed by atoms with Crippen LogP contribution in [0.5, 0.6) is 11.5 Å². The van der Waals surface area contributed by atoms with Crippen molar-refractivity contribution in [1.29, 1.82) is 0 Å². The minimum absolute atomic E-state index is 0. The van der Waals surface area contributed by atoms with Gasteiger partial charge in [0.25, 0.3) is 0 Å². The first kappa shape index (κ1) is 21.0. The van der Waals surface area contributed by atoms with Gasteiger partial charge < -0.3 is 14.8 Å². The number of likely N-dealkylation sites (tertiary alicyclic amines) is 1. The third kappa shape index (κ3) is 4.57. The van der Waals surface area contributed by atoms with Crippen molar-refractivity contribution in [1.82, 2.24) is 4.90 Å². The minimum atomic E-state index is -0.126. The monoisotopic (exact) mass is 428 g/mol. The first-order chi connectivity index (χ1) is 14.3. The summed E-state index contributed by atoms with van der Waals surface area (Å²) in [5.74, 6) is 2.45. The number of fused-ring (bicyclic) bond motifs is 1. The summed E-state index contributed by atoms with van der Waals surface area (Å²) in [5.41, 5.74) is 3.37. The number of ether oxygens (including phenoxy) is 2. The maximum atomic E-state index is 13.2. The largest absolute Gasteiger partial charge is 0.454 e. The number of amides is 1. The van der Waals surface area contributed by atoms with Gasteiger partial charge in [-0.3, -0.25) is 9.69 Å². The number of hydrogen-bond donors (Lipinski definition) is 1. The van der Waals surface area contributed by atoms with Crippen LogP contribution in [0.3, 0.4) is 0 Å². The van der Waals surface area contributed by atoms with Crippen LogP contribution in [-0.2, 0) is 11.3 Å². The molecule has 5 nitrogen and oxygen atoms in total. The Morgan fingerprint density at radius 3 is 2.63 bits per heavy atom. The zero-order chi connectivity index (χ0) is 19.6. The highest BCUT2D eigenvalue weighted by Crippen LogP contribution is 2.40. The van der Waals surface area contributed by atoms with Gasteiger partial charge in [0.1, 0.15) is 0 Å². The average molecular weight is 429 g/mol. The molecule has 30 heavy (non-hydrogen) atoms. The van der Waals surface area contributed by atoms with Crippen LogP contribution < -0.4 is 14.8 Å². The van der Waals surface area contributed by atoms with Gasteiger partial charge in [-0.1, -0.05) is 37.1 Å². The molecule has 1 amide bonds. The third-order valence-electron chi connectivity index (χ3n) is 6.24. The van der Waals surface area contributed by atoms with Crippen molar-refractivity contribution < 1.29 is 14.3 Å². The van der Waals surface area contributed by atoms with E-state index in [9.17, 15) is 4.79 Å². The normalized spacial score (nSPS) is 20.9. The molecule has 3 aliphatic rings. The molecule has 2 fully saturated rings. The quantitative estimate of drug-likeness (QED) is 0.719. The predicted molar refractivity (Wildman–Crippen MR) is 120 cm³/mol. The molecule has 1 saturated heterocycles. The molecule has 1 saturated carbocycles. The predicted octanol–water partition coefficient (Wildman–Crippen LogP) is 5.10. The number of halogens is 1. The van der Waals surface area contributed by atoms with Crippen LogP contribution in [0.15, 0.2) is 42.5 Å². The van der Waals surface area contributed by atoms with E-state index in [1.54, 1.807) is 0 Å². The maximum Gasteiger partial charge on any atom is 0.241 e. The lowest BCUT2D eigenvalue weighted by atomic mass is 10.1. The van der Waals surface area contributed by atoms with Crippen LogP contribution in [0.4, 0.5) is 5.69 Å².